The van der Waals surface area contributed by atoms with Crippen LogP contribution in [-0.2, 0) is 10.3 Å². The monoisotopic (exact) mass is 339 g/mol. The van der Waals surface area contributed by atoms with E-state index in [4.69, 9.17) is 4.74 Å². The number of ether oxygens (including phenoxy) is 1. The molecule has 1 saturated heterocycles. The summed E-state index contributed by atoms with van der Waals surface area (Å²) in [6.07, 6.45) is 0. The molecule has 7 heteroatoms. The lowest BCUT2D eigenvalue weighted by atomic mass is 9.92. The first-order valence-corrected chi connectivity index (χ1v) is 7.63. The van der Waals surface area contributed by atoms with Crippen molar-refractivity contribution in [1.82, 2.24) is 15.8 Å². The van der Waals surface area contributed by atoms with Crippen LogP contribution >= 0.6 is 0 Å². The Morgan fingerprint density at radius 3 is 2.52 bits per heavy atom. The molecule has 7 nitrogen and oxygen atoms in total. The summed E-state index contributed by atoms with van der Waals surface area (Å²) in [5.41, 5.74) is 1.96. The van der Waals surface area contributed by atoms with E-state index < -0.39 is 23.4 Å². The first-order chi connectivity index (χ1) is 12.0. The normalized spacial score (nSPS) is 19.5. The van der Waals surface area contributed by atoms with Gasteiger partial charge in [0, 0.05) is 5.56 Å². The summed E-state index contributed by atoms with van der Waals surface area (Å²) in [6, 6.07) is 14.5. The summed E-state index contributed by atoms with van der Waals surface area (Å²) in [4.78, 5) is 37.3. The Kier molecular flexibility index (Phi) is 4.14. The van der Waals surface area contributed by atoms with Gasteiger partial charge in [-0.05, 0) is 36.8 Å². The molecule has 2 aromatic rings. The van der Waals surface area contributed by atoms with Gasteiger partial charge in [0.2, 0.25) is 0 Å². The molecular weight excluding hydrogens is 322 g/mol. The Balaban J connectivity index is 1.85. The van der Waals surface area contributed by atoms with Crippen molar-refractivity contribution < 1.29 is 19.1 Å². The van der Waals surface area contributed by atoms with Crippen molar-refractivity contribution in [3.63, 3.8) is 0 Å². The van der Waals surface area contributed by atoms with E-state index in [1.54, 1.807) is 61.5 Å². The molecule has 1 aliphatic rings. The zero-order valence-corrected chi connectivity index (χ0v) is 13.8. The number of rotatable bonds is 4. The van der Waals surface area contributed by atoms with Crippen LogP contribution in [-0.4, -0.2) is 30.0 Å². The summed E-state index contributed by atoms with van der Waals surface area (Å²) < 4.78 is 5.16. The number of nitrogens with one attached hydrogen (secondary N) is 2. The van der Waals surface area contributed by atoms with Gasteiger partial charge in [0.05, 0.1) is 7.11 Å². The number of carbonyl (C=O) groups is 3. The molecule has 0 radical (unpaired) electrons. The van der Waals surface area contributed by atoms with E-state index >= 15 is 0 Å². The number of imide groups is 1. The largest absolute Gasteiger partial charge is 0.497 e. The molecule has 0 aliphatic carbocycles. The number of hydrogen-bond acceptors (Lipinski definition) is 4. The summed E-state index contributed by atoms with van der Waals surface area (Å²) in [5.74, 6) is -0.554. The van der Waals surface area contributed by atoms with Crippen molar-refractivity contribution in [2.45, 2.75) is 12.5 Å². The molecule has 0 spiro atoms. The maximum atomic E-state index is 12.8. The van der Waals surface area contributed by atoms with E-state index in [1.807, 2.05) is 0 Å². The maximum absolute atomic E-state index is 12.8. The smallest absolute Gasteiger partial charge is 0.344 e. The molecule has 2 N–H and O–H groups in total. The second kappa shape index (κ2) is 6.27. The molecule has 3 rings (SSSR count). The maximum Gasteiger partial charge on any atom is 0.344 e. The summed E-state index contributed by atoms with van der Waals surface area (Å²) >= 11 is 0. The zero-order valence-electron chi connectivity index (χ0n) is 13.8. The van der Waals surface area contributed by atoms with Crippen LogP contribution < -0.4 is 15.5 Å². The Labute approximate surface area is 144 Å². The number of urea groups is 1. The van der Waals surface area contributed by atoms with E-state index in [-0.39, 0.29) is 0 Å². The molecule has 2 aromatic carbocycles. The van der Waals surface area contributed by atoms with E-state index in [1.165, 1.54) is 7.11 Å². The minimum atomic E-state index is -1.30. The number of hydrogen-bond donors (Lipinski definition) is 2. The second-order valence-corrected chi connectivity index (χ2v) is 5.73. The van der Waals surface area contributed by atoms with Crippen molar-refractivity contribution >= 4 is 17.8 Å². The molecule has 0 aromatic heterocycles. The molecule has 4 amide bonds. The lowest BCUT2D eigenvalue weighted by molar-refractivity contribution is -0.132. The van der Waals surface area contributed by atoms with E-state index in [0.29, 0.717) is 21.9 Å². The summed E-state index contributed by atoms with van der Waals surface area (Å²) in [5, 5.41) is 3.32. The Bertz CT molecular complexity index is 837. The zero-order chi connectivity index (χ0) is 18.0. The lowest BCUT2D eigenvalue weighted by Gasteiger charge is -2.22. The minimum Gasteiger partial charge on any atom is -0.497 e. The molecule has 1 aliphatic heterocycles. The van der Waals surface area contributed by atoms with E-state index in [0.717, 1.165) is 0 Å². The van der Waals surface area contributed by atoms with Gasteiger partial charge in [0.1, 0.15) is 11.3 Å². The Morgan fingerprint density at radius 1 is 1.12 bits per heavy atom. The quantitative estimate of drug-likeness (QED) is 0.832. The number of benzene rings is 2. The molecule has 1 fully saturated rings. The Morgan fingerprint density at radius 2 is 1.84 bits per heavy atom. The highest BCUT2D eigenvalue weighted by Crippen LogP contribution is 2.30. The van der Waals surface area contributed by atoms with Crippen molar-refractivity contribution in [2.24, 2.45) is 0 Å². The molecule has 128 valence electrons. The third kappa shape index (κ3) is 2.91. The summed E-state index contributed by atoms with van der Waals surface area (Å²) in [6.45, 7) is 1.58. The van der Waals surface area contributed by atoms with Crippen molar-refractivity contribution in [3.05, 3.63) is 65.7 Å². The van der Waals surface area contributed by atoms with Gasteiger partial charge >= 0.3 is 6.03 Å². The molecule has 0 unspecified atom stereocenters. The second-order valence-electron chi connectivity index (χ2n) is 5.73. The fourth-order valence-electron chi connectivity index (χ4n) is 2.63. The van der Waals surface area contributed by atoms with Crippen LogP contribution in [0.2, 0.25) is 0 Å². The van der Waals surface area contributed by atoms with Gasteiger partial charge in [0.15, 0.2) is 0 Å². The lowest BCUT2D eigenvalue weighted by Crippen LogP contribution is -2.47. The van der Waals surface area contributed by atoms with E-state index in [9.17, 15) is 14.4 Å². The van der Waals surface area contributed by atoms with Gasteiger partial charge in [-0.2, -0.15) is 5.01 Å². The molecular formula is C18H17N3O4. The molecule has 0 saturated carbocycles. The average molecular weight is 339 g/mol. The highest BCUT2D eigenvalue weighted by atomic mass is 16.5. The van der Waals surface area contributed by atoms with Crippen LogP contribution in [0.4, 0.5) is 4.79 Å². The van der Waals surface area contributed by atoms with Gasteiger partial charge in [-0.3, -0.25) is 15.0 Å². The van der Waals surface area contributed by atoms with Crippen molar-refractivity contribution in [2.75, 3.05) is 7.11 Å². The standard InChI is InChI=1S/C18H17N3O4/c1-18(13-9-6-10-14(11-13)25-2)16(23)21(17(24)19-18)20-15(22)12-7-4-3-5-8-12/h3-11H,1-2H3,(H,19,24)(H,20,22)/t18-/m1/s1. The Hall–Kier alpha value is -3.35. The highest BCUT2D eigenvalue weighted by Gasteiger charge is 2.50. The predicted octanol–water partition coefficient (Wildman–Crippen LogP) is 1.81. The minimum absolute atomic E-state index is 0.345. The average Bonchev–Trinajstić information content (AvgIpc) is 2.86. The van der Waals surface area contributed by atoms with Crippen LogP contribution in [0.25, 0.3) is 0 Å². The topological polar surface area (TPSA) is 87.7 Å². The third-order valence-electron chi connectivity index (χ3n) is 4.09. The van der Waals surface area contributed by atoms with Gasteiger partial charge in [0.25, 0.3) is 11.8 Å². The summed E-state index contributed by atoms with van der Waals surface area (Å²) in [7, 11) is 1.52. The van der Waals surface area contributed by atoms with Gasteiger partial charge in [-0.1, -0.05) is 30.3 Å². The number of nitrogens with zero attached hydrogens (tertiary/aromatic N) is 1. The fraction of sp³-hybridized carbons (Fsp3) is 0.167. The van der Waals surface area contributed by atoms with Crippen LogP contribution in [0.3, 0.4) is 0 Å². The van der Waals surface area contributed by atoms with Crippen LogP contribution in [0.15, 0.2) is 54.6 Å². The number of hydrazine groups is 1. The van der Waals surface area contributed by atoms with Crippen LogP contribution in [0, 0.1) is 0 Å². The van der Waals surface area contributed by atoms with Crippen LogP contribution in [0.1, 0.15) is 22.8 Å². The fourth-order valence-corrected chi connectivity index (χ4v) is 2.63. The van der Waals surface area contributed by atoms with Gasteiger partial charge in [-0.25, -0.2) is 4.79 Å². The highest BCUT2D eigenvalue weighted by molar-refractivity contribution is 6.09. The first kappa shape index (κ1) is 16.5. The van der Waals surface area contributed by atoms with Gasteiger partial charge < -0.3 is 10.1 Å². The third-order valence-corrected chi connectivity index (χ3v) is 4.09. The number of amides is 4. The van der Waals surface area contributed by atoms with Crippen molar-refractivity contribution in [3.8, 4) is 5.75 Å². The van der Waals surface area contributed by atoms with E-state index in [2.05, 4.69) is 10.7 Å². The molecule has 0 bridgehead atoms. The van der Waals surface area contributed by atoms with Crippen molar-refractivity contribution in [1.29, 1.82) is 0 Å². The van der Waals surface area contributed by atoms with Crippen LogP contribution in [0.5, 0.6) is 5.75 Å². The van der Waals surface area contributed by atoms with Gasteiger partial charge in [-0.15, -0.1) is 0 Å². The molecule has 1 atom stereocenters. The number of methoxy groups -OCH3 is 1. The predicted molar refractivity (Wildman–Crippen MR) is 89.6 cm³/mol. The molecule has 1 heterocycles. The SMILES string of the molecule is COc1cccc([C@@]2(C)NC(=O)N(NC(=O)c3ccccc3)C2=O)c1. The molecule has 25 heavy (non-hydrogen) atoms. The number of carbonyl (C=O) groups excluding carboxylic acids is 3. The first-order valence-electron chi connectivity index (χ1n) is 7.63.